The molecule has 4 aliphatic rings. The third-order valence-electron chi connectivity index (χ3n) is 6.83. The first-order valence-corrected chi connectivity index (χ1v) is 8.61. The van der Waals surface area contributed by atoms with Crippen LogP contribution in [-0.2, 0) is 0 Å². The molecule has 4 rings (SSSR count). The van der Waals surface area contributed by atoms with Gasteiger partial charge in [-0.3, -0.25) is 0 Å². The molecule has 3 fully saturated rings. The molecule has 1 spiro atoms. The summed E-state index contributed by atoms with van der Waals surface area (Å²) in [6.07, 6.45) is 21.0. The van der Waals surface area contributed by atoms with Gasteiger partial charge in [-0.1, -0.05) is 50.2 Å². The first kappa shape index (κ1) is 11.6. The quantitative estimate of drug-likeness (QED) is 0.495. The standard InChI is InChI=1S/C18H28/c1-2-9-16-17-10-5-8-14-7-3-4-12-18(16,17)13-11-15(14)6-1/h10,14-16H,1-9,11-13H2. The van der Waals surface area contributed by atoms with Gasteiger partial charge in [-0.15, -0.1) is 0 Å². The summed E-state index contributed by atoms with van der Waals surface area (Å²) in [5.74, 6) is 3.20. The topological polar surface area (TPSA) is 0 Å². The molecule has 0 aromatic carbocycles. The Balaban J connectivity index is 1.74. The molecule has 0 aliphatic heterocycles. The van der Waals surface area contributed by atoms with Crippen LogP contribution in [0.25, 0.3) is 0 Å². The summed E-state index contributed by atoms with van der Waals surface area (Å²) in [4.78, 5) is 0. The molecule has 0 radical (unpaired) electrons. The summed E-state index contributed by atoms with van der Waals surface area (Å²) in [6.45, 7) is 0. The van der Waals surface area contributed by atoms with Gasteiger partial charge in [0.05, 0.1) is 0 Å². The Morgan fingerprint density at radius 2 is 1.56 bits per heavy atom. The highest BCUT2D eigenvalue weighted by molar-refractivity contribution is 5.38. The fraction of sp³-hybridized carbons (Fsp3) is 0.889. The van der Waals surface area contributed by atoms with E-state index in [0.717, 1.165) is 23.2 Å². The Morgan fingerprint density at radius 1 is 0.778 bits per heavy atom. The predicted molar refractivity (Wildman–Crippen MR) is 76.4 cm³/mol. The van der Waals surface area contributed by atoms with Gasteiger partial charge in [0.15, 0.2) is 0 Å². The first-order valence-electron chi connectivity index (χ1n) is 8.61. The molecule has 3 bridgehead atoms. The highest BCUT2D eigenvalue weighted by Gasteiger charge is 2.58. The summed E-state index contributed by atoms with van der Waals surface area (Å²) in [5.41, 5.74) is 2.67. The van der Waals surface area contributed by atoms with Crippen molar-refractivity contribution in [1.29, 1.82) is 0 Å². The van der Waals surface area contributed by atoms with Gasteiger partial charge < -0.3 is 0 Å². The molecule has 18 heavy (non-hydrogen) atoms. The second-order valence-electron chi connectivity index (χ2n) is 7.53. The fourth-order valence-electron chi connectivity index (χ4n) is 5.79. The SMILES string of the molecule is C1=C2C3CCCCC4CCC23CCCCC4CC1. The molecule has 0 saturated heterocycles. The van der Waals surface area contributed by atoms with E-state index in [-0.39, 0.29) is 0 Å². The van der Waals surface area contributed by atoms with Crippen molar-refractivity contribution < 1.29 is 0 Å². The summed E-state index contributed by atoms with van der Waals surface area (Å²) < 4.78 is 0. The van der Waals surface area contributed by atoms with Gasteiger partial charge >= 0.3 is 0 Å². The number of hydrogen-bond donors (Lipinski definition) is 0. The normalized spacial score (nSPS) is 47.6. The van der Waals surface area contributed by atoms with Crippen LogP contribution in [0.15, 0.2) is 11.6 Å². The van der Waals surface area contributed by atoms with Crippen molar-refractivity contribution in [3.05, 3.63) is 11.6 Å². The zero-order valence-electron chi connectivity index (χ0n) is 11.8. The first-order chi connectivity index (χ1) is 8.90. The summed E-state index contributed by atoms with van der Waals surface area (Å²) in [5, 5.41) is 0. The largest absolute Gasteiger partial charge is 0.0844 e. The van der Waals surface area contributed by atoms with Gasteiger partial charge in [0.1, 0.15) is 0 Å². The number of fused-ring (bicyclic) bond motifs is 1. The second kappa shape index (κ2) is 4.39. The molecule has 0 heterocycles. The van der Waals surface area contributed by atoms with Crippen LogP contribution < -0.4 is 0 Å². The van der Waals surface area contributed by atoms with Crippen molar-refractivity contribution in [2.75, 3.05) is 0 Å². The maximum absolute atomic E-state index is 2.71. The lowest BCUT2D eigenvalue weighted by Gasteiger charge is -2.26. The lowest BCUT2D eigenvalue weighted by Crippen LogP contribution is -2.15. The minimum Gasteiger partial charge on any atom is -0.0844 e. The molecule has 3 saturated carbocycles. The van der Waals surface area contributed by atoms with Gasteiger partial charge in [-0.25, -0.2) is 0 Å². The van der Waals surface area contributed by atoms with E-state index >= 15 is 0 Å². The monoisotopic (exact) mass is 244 g/mol. The van der Waals surface area contributed by atoms with Crippen LogP contribution in [0.5, 0.6) is 0 Å². The lowest BCUT2D eigenvalue weighted by molar-refractivity contribution is 0.251. The van der Waals surface area contributed by atoms with E-state index in [9.17, 15) is 0 Å². The Labute approximate surface area is 112 Å². The van der Waals surface area contributed by atoms with Crippen LogP contribution in [0.3, 0.4) is 0 Å². The molecule has 4 aliphatic carbocycles. The Morgan fingerprint density at radius 3 is 2.50 bits per heavy atom. The molecular weight excluding hydrogens is 216 g/mol. The highest BCUT2D eigenvalue weighted by Crippen LogP contribution is 2.68. The average molecular weight is 244 g/mol. The van der Waals surface area contributed by atoms with Crippen LogP contribution in [0.2, 0.25) is 0 Å². The predicted octanol–water partition coefficient (Wildman–Crippen LogP) is 5.48. The van der Waals surface area contributed by atoms with Crippen LogP contribution >= 0.6 is 0 Å². The number of hydrogen-bond acceptors (Lipinski definition) is 0. The second-order valence-corrected chi connectivity index (χ2v) is 7.53. The van der Waals surface area contributed by atoms with E-state index in [1.54, 1.807) is 32.1 Å². The Hall–Kier alpha value is -0.260. The zero-order chi connectivity index (χ0) is 12.0. The van der Waals surface area contributed by atoms with Crippen molar-refractivity contribution in [3.8, 4) is 0 Å². The third kappa shape index (κ3) is 1.71. The third-order valence-corrected chi connectivity index (χ3v) is 6.83. The van der Waals surface area contributed by atoms with Gasteiger partial charge in [0.25, 0.3) is 0 Å². The van der Waals surface area contributed by atoms with Crippen molar-refractivity contribution in [1.82, 2.24) is 0 Å². The molecule has 0 aromatic rings. The summed E-state index contributed by atoms with van der Waals surface area (Å²) >= 11 is 0. The van der Waals surface area contributed by atoms with Crippen molar-refractivity contribution in [2.45, 2.75) is 77.0 Å². The molecular formula is C18H28. The molecule has 100 valence electrons. The summed E-state index contributed by atoms with van der Waals surface area (Å²) in [7, 11) is 0. The maximum atomic E-state index is 2.71. The van der Waals surface area contributed by atoms with Crippen LogP contribution in [0.1, 0.15) is 77.0 Å². The van der Waals surface area contributed by atoms with E-state index < -0.39 is 0 Å². The highest BCUT2D eigenvalue weighted by atomic mass is 14.6. The minimum absolute atomic E-state index is 0.738. The van der Waals surface area contributed by atoms with Crippen LogP contribution in [0.4, 0.5) is 0 Å². The van der Waals surface area contributed by atoms with Gasteiger partial charge in [0, 0.05) is 0 Å². The van der Waals surface area contributed by atoms with Gasteiger partial charge in [0.2, 0.25) is 0 Å². The molecule has 0 aromatic heterocycles. The van der Waals surface area contributed by atoms with E-state index in [1.807, 2.05) is 5.57 Å². The summed E-state index contributed by atoms with van der Waals surface area (Å²) in [6, 6.07) is 0. The van der Waals surface area contributed by atoms with Crippen molar-refractivity contribution in [2.24, 2.45) is 23.2 Å². The Kier molecular flexibility index (Phi) is 2.82. The van der Waals surface area contributed by atoms with Crippen LogP contribution in [0, 0.1) is 23.2 Å². The lowest BCUT2D eigenvalue weighted by atomic mass is 9.79. The maximum Gasteiger partial charge on any atom is -0.00193 e. The molecule has 0 amide bonds. The van der Waals surface area contributed by atoms with Gasteiger partial charge in [-0.05, 0) is 61.7 Å². The molecule has 4 unspecified atom stereocenters. The minimum atomic E-state index is 0.738. The van der Waals surface area contributed by atoms with E-state index in [2.05, 4.69) is 6.08 Å². The van der Waals surface area contributed by atoms with Crippen molar-refractivity contribution in [3.63, 3.8) is 0 Å². The van der Waals surface area contributed by atoms with Crippen molar-refractivity contribution >= 4 is 0 Å². The molecule has 0 nitrogen and oxygen atoms in total. The molecule has 0 N–H and O–H groups in total. The van der Waals surface area contributed by atoms with E-state index in [0.29, 0.717) is 0 Å². The zero-order valence-corrected chi connectivity index (χ0v) is 11.8. The van der Waals surface area contributed by atoms with E-state index in [1.165, 1.54) is 44.9 Å². The van der Waals surface area contributed by atoms with Gasteiger partial charge in [-0.2, -0.15) is 0 Å². The number of allylic oxidation sites excluding steroid dienone is 2. The smallest absolute Gasteiger partial charge is 0.00193 e. The average Bonchev–Trinajstić information content (AvgIpc) is 2.92. The Bertz CT molecular complexity index is 353. The van der Waals surface area contributed by atoms with Crippen LogP contribution in [-0.4, -0.2) is 0 Å². The molecule has 4 atom stereocenters. The number of rotatable bonds is 0. The fourth-order valence-corrected chi connectivity index (χ4v) is 5.79. The van der Waals surface area contributed by atoms with E-state index in [4.69, 9.17) is 0 Å². The molecule has 0 heteroatoms.